The molecule has 0 fully saturated rings. The van der Waals surface area contributed by atoms with Gasteiger partial charge < -0.3 is 15.7 Å². The van der Waals surface area contributed by atoms with E-state index in [2.05, 4.69) is 27.9 Å². The molecule has 0 aliphatic carbocycles. The lowest BCUT2D eigenvalue weighted by Gasteiger charge is -2.24. The molecule has 1 atom stereocenters. The fourth-order valence-corrected chi connectivity index (χ4v) is 3.65. The first-order valence-corrected chi connectivity index (χ1v) is 10.3. The Hall–Kier alpha value is -1.91. The largest absolute Gasteiger partial charge is 0.384 e. The number of aliphatic imine (C=N–C) groups is 1. The van der Waals surface area contributed by atoms with Gasteiger partial charge in [0.25, 0.3) is 0 Å². The number of benzene rings is 1. The summed E-state index contributed by atoms with van der Waals surface area (Å²) in [6.07, 6.45) is 3.74. The molecule has 3 aromatic rings. The Balaban J connectivity index is 0.00000300. The topological polar surface area (TPSA) is 74.5 Å². The maximum absolute atomic E-state index is 10.7. The average Bonchev–Trinajstić information content (AvgIpc) is 3.39. The number of hydrogen-bond donors (Lipinski definition) is 3. The van der Waals surface area contributed by atoms with E-state index >= 15 is 0 Å². The van der Waals surface area contributed by atoms with Gasteiger partial charge in [-0.05, 0) is 53.4 Å². The lowest BCUT2D eigenvalue weighted by molar-refractivity contribution is 0.0621. The van der Waals surface area contributed by atoms with Crippen LogP contribution in [0, 0.1) is 0 Å². The van der Waals surface area contributed by atoms with Crippen molar-refractivity contribution in [3.63, 3.8) is 0 Å². The third-order valence-electron chi connectivity index (χ3n) is 4.50. The highest BCUT2D eigenvalue weighted by Crippen LogP contribution is 2.22. The highest BCUT2D eigenvalue weighted by Gasteiger charge is 2.23. The van der Waals surface area contributed by atoms with E-state index in [1.165, 1.54) is 5.56 Å². The van der Waals surface area contributed by atoms with Crippen molar-refractivity contribution in [2.45, 2.75) is 32.5 Å². The molecule has 3 N–H and O–H groups in total. The van der Waals surface area contributed by atoms with Crippen molar-refractivity contribution in [2.75, 3.05) is 13.1 Å². The van der Waals surface area contributed by atoms with Gasteiger partial charge in [-0.2, -0.15) is 16.4 Å². The van der Waals surface area contributed by atoms with E-state index in [4.69, 9.17) is 4.99 Å². The fraction of sp³-hybridized carbons (Fsp3) is 0.333. The highest BCUT2D eigenvalue weighted by molar-refractivity contribution is 14.0. The molecule has 156 valence electrons. The normalized spacial score (nSPS) is 13.4. The summed E-state index contributed by atoms with van der Waals surface area (Å²) < 4.78 is 1.91. The fourth-order valence-electron chi connectivity index (χ4n) is 2.87. The van der Waals surface area contributed by atoms with Gasteiger partial charge in [0.1, 0.15) is 5.60 Å². The minimum absolute atomic E-state index is 0. The predicted molar refractivity (Wildman–Crippen MR) is 130 cm³/mol. The van der Waals surface area contributed by atoms with Gasteiger partial charge in [0.2, 0.25) is 0 Å². The summed E-state index contributed by atoms with van der Waals surface area (Å²) in [5.41, 5.74) is 2.30. The second-order valence-corrected chi connectivity index (χ2v) is 7.59. The molecule has 0 bridgehead atoms. The van der Waals surface area contributed by atoms with Gasteiger partial charge in [-0.1, -0.05) is 24.3 Å². The van der Waals surface area contributed by atoms with Crippen molar-refractivity contribution >= 4 is 41.3 Å². The number of thiophene rings is 1. The zero-order valence-electron chi connectivity index (χ0n) is 16.7. The van der Waals surface area contributed by atoms with E-state index in [1.807, 2.05) is 59.8 Å². The lowest BCUT2D eigenvalue weighted by atomic mass is 9.99. The number of guanidine groups is 1. The summed E-state index contributed by atoms with van der Waals surface area (Å²) in [6.45, 7) is 6.24. The van der Waals surface area contributed by atoms with E-state index in [1.54, 1.807) is 17.5 Å². The number of halogens is 1. The third kappa shape index (κ3) is 6.83. The molecule has 3 rings (SSSR count). The molecular formula is C21H28IN5OS. The van der Waals surface area contributed by atoms with Crippen LogP contribution in [0.3, 0.4) is 0 Å². The van der Waals surface area contributed by atoms with Crippen LogP contribution < -0.4 is 10.6 Å². The number of nitrogens with one attached hydrogen (secondary N) is 2. The zero-order chi connectivity index (χ0) is 19.8. The molecule has 0 amide bonds. The zero-order valence-corrected chi connectivity index (χ0v) is 19.9. The maximum atomic E-state index is 10.7. The number of aromatic nitrogens is 2. The van der Waals surface area contributed by atoms with Crippen molar-refractivity contribution < 1.29 is 5.11 Å². The predicted octanol–water partition coefficient (Wildman–Crippen LogP) is 3.57. The smallest absolute Gasteiger partial charge is 0.191 e. The Bertz CT molecular complexity index is 878. The van der Waals surface area contributed by atoms with Crippen molar-refractivity contribution in [3.8, 4) is 0 Å². The van der Waals surface area contributed by atoms with E-state index in [0.29, 0.717) is 19.0 Å². The Morgan fingerprint density at radius 3 is 2.66 bits per heavy atom. The molecule has 29 heavy (non-hydrogen) atoms. The first-order chi connectivity index (χ1) is 13.6. The second-order valence-electron chi connectivity index (χ2n) is 6.81. The van der Waals surface area contributed by atoms with E-state index in [-0.39, 0.29) is 24.0 Å². The quantitative estimate of drug-likeness (QED) is 0.239. The molecule has 0 saturated carbocycles. The summed E-state index contributed by atoms with van der Waals surface area (Å²) >= 11 is 1.58. The molecule has 0 spiro atoms. The highest BCUT2D eigenvalue weighted by atomic mass is 127. The van der Waals surface area contributed by atoms with Crippen LogP contribution in [0.15, 0.2) is 64.5 Å². The summed E-state index contributed by atoms with van der Waals surface area (Å²) in [7, 11) is 0. The molecule has 6 nitrogen and oxygen atoms in total. The first kappa shape index (κ1) is 23.4. The molecule has 0 aliphatic rings. The Morgan fingerprint density at radius 2 is 2.00 bits per heavy atom. The van der Waals surface area contributed by atoms with Crippen LogP contribution >= 0.6 is 35.3 Å². The molecule has 0 radical (unpaired) electrons. The van der Waals surface area contributed by atoms with Crippen molar-refractivity contribution in [1.82, 2.24) is 20.4 Å². The second kappa shape index (κ2) is 11.3. The van der Waals surface area contributed by atoms with E-state index in [9.17, 15) is 5.11 Å². The van der Waals surface area contributed by atoms with Crippen LogP contribution in [-0.2, 0) is 18.7 Å². The molecule has 1 unspecified atom stereocenters. The lowest BCUT2D eigenvalue weighted by Crippen LogP contribution is -2.44. The summed E-state index contributed by atoms with van der Waals surface area (Å²) in [5.74, 6) is 0.687. The SMILES string of the molecule is CCNC(=NCc1ccccc1Cn1cccn1)NCC(C)(O)c1ccsc1.I. The molecule has 1 aromatic carbocycles. The average molecular weight is 525 g/mol. The van der Waals surface area contributed by atoms with Crippen LogP contribution in [0.25, 0.3) is 0 Å². The van der Waals surface area contributed by atoms with Crippen LogP contribution in [0.5, 0.6) is 0 Å². The van der Waals surface area contributed by atoms with Gasteiger partial charge in [0.05, 0.1) is 19.6 Å². The van der Waals surface area contributed by atoms with Gasteiger partial charge in [-0.15, -0.1) is 24.0 Å². The monoisotopic (exact) mass is 525 g/mol. The summed E-state index contributed by atoms with van der Waals surface area (Å²) in [5, 5.41) is 25.5. The van der Waals surface area contributed by atoms with Crippen LogP contribution in [0.2, 0.25) is 0 Å². The van der Waals surface area contributed by atoms with Gasteiger partial charge in [0, 0.05) is 18.9 Å². The Morgan fingerprint density at radius 1 is 1.21 bits per heavy atom. The van der Waals surface area contributed by atoms with E-state index < -0.39 is 5.60 Å². The van der Waals surface area contributed by atoms with Crippen LogP contribution in [-0.4, -0.2) is 33.9 Å². The minimum atomic E-state index is -0.950. The molecule has 2 aromatic heterocycles. The molecule has 0 aliphatic heterocycles. The van der Waals surface area contributed by atoms with Crippen molar-refractivity contribution in [2.24, 2.45) is 4.99 Å². The van der Waals surface area contributed by atoms with Gasteiger partial charge in [-0.3, -0.25) is 4.68 Å². The Labute approximate surface area is 193 Å². The van der Waals surface area contributed by atoms with Gasteiger partial charge in [-0.25, -0.2) is 4.99 Å². The molecular weight excluding hydrogens is 497 g/mol. The summed E-state index contributed by atoms with van der Waals surface area (Å²) in [4.78, 5) is 4.71. The van der Waals surface area contributed by atoms with Crippen molar-refractivity contribution in [3.05, 3.63) is 76.2 Å². The standard InChI is InChI=1S/C21H27N5OS.HI/c1-3-22-20(24-16-21(2,27)19-9-12-28-15-19)23-13-17-7-4-5-8-18(17)14-26-11-6-10-25-26;/h4-12,15,27H,3,13-14,16H2,1-2H3,(H2,22,23,24);1H. The van der Waals surface area contributed by atoms with Crippen LogP contribution in [0.1, 0.15) is 30.5 Å². The van der Waals surface area contributed by atoms with Crippen molar-refractivity contribution in [1.29, 1.82) is 0 Å². The molecule has 8 heteroatoms. The first-order valence-electron chi connectivity index (χ1n) is 9.40. The number of rotatable bonds is 8. The maximum Gasteiger partial charge on any atom is 0.191 e. The molecule has 0 saturated heterocycles. The van der Waals surface area contributed by atoms with E-state index in [0.717, 1.165) is 24.2 Å². The number of hydrogen-bond acceptors (Lipinski definition) is 4. The minimum Gasteiger partial charge on any atom is -0.384 e. The van der Waals surface area contributed by atoms with Gasteiger partial charge in [0.15, 0.2) is 5.96 Å². The number of aliphatic hydroxyl groups is 1. The number of nitrogens with zero attached hydrogens (tertiary/aromatic N) is 3. The summed E-state index contributed by atoms with van der Waals surface area (Å²) in [6, 6.07) is 12.1. The van der Waals surface area contributed by atoms with Crippen LogP contribution in [0.4, 0.5) is 0 Å². The van der Waals surface area contributed by atoms with Gasteiger partial charge >= 0.3 is 0 Å². The third-order valence-corrected chi connectivity index (χ3v) is 5.19. The Kier molecular flexibility index (Phi) is 9.12. The molecule has 2 heterocycles.